The summed E-state index contributed by atoms with van der Waals surface area (Å²) in [7, 11) is 0. The van der Waals surface area contributed by atoms with Gasteiger partial charge in [0.2, 0.25) is 0 Å². The van der Waals surface area contributed by atoms with Gasteiger partial charge in [-0.2, -0.15) is 0 Å². The highest BCUT2D eigenvalue weighted by Crippen LogP contribution is 2.17. The Morgan fingerprint density at radius 3 is 3.08 bits per heavy atom. The van der Waals surface area contributed by atoms with E-state index in [0.717, 1.165) is 37.2 Å². The minimum absolute atomic E-state index is 0.0910. The lowest BCUT2D eigenvalue weighted by Gasteiger charge is -2.30. The first kappa shape index (κ1) is 17.4. The molecule has 2 heterocycles. The van der Waals surface area contributed by atoms with Gasteiger partial charge in [0, 0.05) is 25.4 Å². The van der Waals surface area contributed by atoms with Crippen LogP contribution in [0.25, 0.3) is 5.69 Å². The number of rotatable bonds is 6. The Hall–Kier alpha value is -2.41. The van der Waals surface area contributed by atoms with Crippen molar-refractivity contribution in [3.63, 3.8) is 0 Å². The molecule has 1 aliphatic heterocycles. The summed E-state index contributed by atoms with van der Waals surface area (Å²) in [6, 6.07) is 7.48. The fourth-order valence-corrected chi connectivity index (χ4v) is 3.02. The Balaban J connectivity index is 1.65. The van der Waals surface area contributed by atoms with Crippen LogP contribution in [0.15, 0.2) is 36.7 Å². The first-order chi connectivity index (χ1) is 12.3. The van der Waals surface area contributed by atoms with Crippen molar-refractivity contribution in [2.45, 2.75) is 38.7 Å². The van der Waals surface area contributed by atoms with Gasteiger partial charge in [0.25, 0.3) is 0 Å². The zero-order valence-corrected chi connectivity index (χ0v) is 14.6. The van der Waals surface area contributed by atoms with E-state index >= 15 is 0 Å². The van der Waals surface area contributed by atoms with Crippen molar-refractivity contribution in [1.29, 1.82) is 0 Å². The zero-order valence-electron chi connectivity index (χ0n) is 14.6. The highest BCUT2D eigenvalue weighted by molar-refractivity contribution is 5.89. The summed E-state index contributed by atoms with van der Waals surface area (Å²) in [6.07, 6.45) is 7.77. The third-order valence-electron chi connectivity index (χ3n) is 4.26. The van der Waals surface area contributed by atoms with Gasteiger partial charge in [0.1, 0.15) is 0 Å². The molecule has 0 spiro atoms. The summed E-state index contributed by atoms with van der Waals surface area (Å²) in [5.41, 5.74) is 1.59. The predicted octanol–water partition coefficient (Wildman–Crippen LogP) is 3.08. The highest BCUT2D eigenvalue weighted by atomic mass is 16.5. The van der Waals surface area contributed by atoms with Crippen LogP contribution in [0.5, 0.6) is 0 Å². The summed E-state index contributed by atoms with van der Waals surface area (Å²) in [5, 5.41) is 10.8. The van der Waals surface area contributed by atoms with Crippen LogP contribution in [0, 0.1) is 0 Å². The van der Waals surface area contributed by atoms with Crippen LogP contribution in [-0.4, -0.2) is 51.7 Å². The third kappa shape index (κ3) is 4.79. The normalized spacial score (nSPS) is 17.2. The predicted molar refractivity (Wildman–Crippen MR) is 95.8 cm³/mol. The summed E-state index contributed by atoms with van der Waals surface area (Å²) < 4.78 is 7.45. The van der Waals surface area contributed by atoms with Crippen LogP contribution < -0.4 is 5.32 Å². The molecule has 3 rings (SSSR count). The van der Waals surface area contributed by atoms with Crippen LogP contribution in [0.3, 0.4) is 0 Å². The van der Waals surface area contributed by atoms with E-state index in [1.807, 2.05) is 29.2 Å². The zero-order chi connectivity index (χ0) is 17.5. The van der Waals surface area contributed by atoms with E-state index in [9.17, 15) is 4.79 Å². The van der Waals surface area contributed by atoms with Crippen molar-refractivity contribution in [2.24, 2.45) is 0 Å². The van der Waals surface area contributed by atoms with Crippen LogP contribution >= 0.6 is 0 Å². The van der Waals surface area contributed by atoms with Crippen molar-refractivity contribution >= 4 is 11.7 Å². The van der Waals surface area contributed by atoms with Crippen LogP contribution in [0.4, 0.5) is 10.5 Å². The number of urea groups is 1. The molecule has 1 atom stereocenters. The van der Waals surface area contributed by atoms with Crippen molar-refractivity contribution in [3.05, 3.63) is 36.7 Å². The maximum absolute atomic E-state index is 12.7. The Morgan fingerprint density at radius 2 is 2.36 bits per heavy atom. The summed E-state index contributed by atoms with van der Waals surface area (Å²) in [4.78, 5) is 14.5. The second kappa shape index (κ2) is 8.62. The molecular weight excluding hydrogens is 318 g/mol. The topological polar surface area (TPSA) is 72.3 Å². The van der Waals surface area contributed by atoms with Gasteiger partial charge in [-0.1, -0.05) is 18.2 Å². The lowest BCUT2D eigenvalue weighted by atomic mass is 10.1. The summed E-state index contributed by atoms with van der Waals surface area (Å²) in [5.74, 6) is 0. The van der Waals surface area contributed by atoms with Crippen LogP contribution in [-0.2, 0) is 4.74 Å². The average Bonchev–Trinajstić information content (AvgIpc) is 3.17. The lowest BCUT2D eigenvalue weighted by Crippen LogP contribution is -2.42. The number of aromatic nitrogens is 3. The molecule has 1 saturated heterocycles. The van der Waals surface area contributed by atoms with E-state index in [2.05, 4.69) is 22.6 Å². The molecule has 0 aliphatic carbocycles. The van der Waals surface area contributed by atoms with Gasteiger partial charge in [0.15, 0.2) is 0 Å². The van der Waals surface area contributed by atoms with Gasteiger partial charge in [-0.15, -0.1) is 5.10 Å². The van der Waals surface area contributed by atoms with E-state index in [0.29, 0.717) is 13.1 Å². The van der Waals surface area contributed by atoms with Crippen LogP contribution in [0.2, 0.25) is 0 Å². The molecule has 0 radical (unpaired) electrons. The molecule has 1 fully saturated rings. The number of anilines is 1. The van der Waals surface area contributed by atoms with Gasteiger partial charge < -0.3 is 15.0 Å². The first-order valence-electron chi connectivity index (χ1n) is 8.90. The summed E-state index contributed by atoms with van der Waals surface area (Å²) in [6.45, 7) is 4.23. The molecule has 7 nitrogen and oxygen atoms in total. The largest absolute Gasteiger partial charge is 0.376 e. The molecule has 1 aromatic heterocycles. The van der Waals surface area contributed by atoms with E-state index in [4.69, 9.17) is 4.74 Å². The maximum atomic E-state index is 12.7. The number of amides is 2. The molecule has 134 valence electrons. The van der Waals surface area contributed by atoms with Crippen LogP contribution in [0.1, 0.15) is 32.6 Å². The number of carbonyl (C=O) groups is 1. The Kier molecular flexibility index (Phi) is 6.00. The molecule has 25 heavy (non-hydrogen) atoms. The Morgan fingerprint density at radius 1 is 1.44 bits per heavy atom. The van der Waals surface area contributed by atoms with Crippen molar-refractivity contribution in [3.8, 4) is 5.69 Å². The van der Waals surface area contributed by atoms with Crippen molar-refractivity contribution in [1.82, 2.24) is 19.9 Å². The highest BCUT2D eigenvalue weighted by Gasteiger charge is 2.21. The molecule has 0 bridgehead atoms. The molecule has 7 heteroatoms. The molecule has 1 unspecified atom stereocenters. The first-order valence-corrected chi connectivity index (χ1v) is 8.90. The molecule has 2 amide bonds. The standard InChI is InChI=1S/C18H25N5O2/c1-2-10-22(14-17-8-3-4-12-25-17)18(24)20-15-6-5-7-16(13-15)23-11-9-19-21-23/h5-7,9,11,13,17H,2-4,8,10,12,14H2,1H3,(H,20,24). The molecule has 1 aromatic carbocycles. The second-order valence-corrected chi connectivity index (χ2v) is 6.26. The second-order valence-electron chi connectivity index (χ2n) is 6.26. The number of benzene rings is 1. The van der Waals surface area contributed by atoms with Gasteiger partial charge in [-0.3, -0.25) is 0 Å². The van der Waals surface area contributed by atoms with Gasteiger partial charge >= 0.3 is 6.03 Å². The molecule has 1 aliphatic rings. The molecule has 2 aromatic rings. The molecule has 1 N–H and O–H groups in total. The SMILES string of the molecule is CCCN(CC1CCCCO1)C(=O)Nc1cccc(-n2ccnn2)c1. The van der Waals surface area contributed by atoms with Crippen molar-refractivity contribution < 1.29 is 9.53 Å². The average molecular weight is 343 g/mol. The molecule has 0 saturated carbocycles. The van der Waals surface area contributed by atoms with Gasteiger partial charge in [-0.25, -0.2) is 9.48 Å². The quantitative estimate of drug-likeness (QED) is 0.875. The van der Waals surface area contributed by atoms with Gasteiger partial charge in [0.05, 0.1) is 24.2 Å². The fourth-order valence-electron chi connectivity index (χ4n) is 3.02. The van der Waals surface area contributed by atoms with E-state index in [1.165, 1.54) is 6.42 Å². The monoisotopic (exact) mass is 343 g/mol. The third-order valence-corrected chi connectivity index (χ3v) is 4.26. The molecular formula is C18H25N5O2. The Labute approximate surface area is 148 Å². The summed E-state index contributed by atoms with van der Waals surface area (Å²) >= 11 is 0. The van der Waals surface area contributed by atoms with E-state index in [-0.39, 0.29) is 12.1 Å². The number of nitrogens with one attached hydrogen (secondary N) is 1. The number of nitrogens with zero attached hydrogens (tertiary/aromatic N) is 4. The maximum Gasteiger partial charge on any atom is 0.321 e. The smallest absolute Gasteiger partial charge is 0.321 e. The minimum Gasteiger partial charge on any atom is -0.376 e. The van der Waals surface area contributed by atoms with Crippen molar-refractivity contribution in [2.75, 3.05) is 25.0 Å². The van der Waals surface area contributed by atoms with E-state index in [1.54, 1.807) is 17.1 Å². The Bertz CT molecular complexity index is 668. The van der Waals surface area contributed by atoms with Gasteiger partial charge in [-0.05, 0) is 43.9 Å². The number of hydrogen-bond acceptors (Lipinski definition) is 4. The number of ether oxygens (including phenoxy) is 1. The fraction of sp³-hybridized carbons (Fsp3) is 0.500. The number of carbonyl (C=O) groups excluding carboxylic acids is 1. The lowest BCUT2D eigenvalue weighted by molar-refractivity contribution is 0.00162. The minimum atomic E-state index is -0.0910. The number of hydrogen-bond donors (Lipinski definition) is 1. The van der Waals surface area contributed by atoms with E-state index < -0.39 is 0 Å².